The fourth-order valence-corrected chi connectivity index (χ4v) is 3.66. The molecule has 1 unspecified atom stereocenters. The number of carbonyl (C=O) groups is 1. The van der Waals surface area contributed by atoms with Crippen molar-refractivity contribution in [2.75, 3.05) is 26.2 Å². The van der Waals surface area contributed by atoms with Crippen LogP contribution in [0.15, 0.2) is 24.3 Å². The predicted molar refractivity (Wildman–Crippen MR) is 89.0 cm³/mol. The van der Waals surface area contributed by atoms with Gasteiger partial charge < -0.3 is 15.4 Å². The van der Waals surface area contributed by atoms with Gasteiger partial charge in [-0.25, -0.2) is 4.39 Å². The second-order valence-corrected chi connectivity index (χ2v) is 6.56. The van der Waals surface area contributed by atoms with Gasteiger partial charge in [0, 0.05) is 13.1 Å². The lowest BCUT2D eigenvalue weighted by Gasteiger charge is -2.38. The summed E-state index contributed by atoms with van der Waals surface area (Å²) in [6.45, 7) is 2.38. The summed E-state index contributed by atoms with van der Waals surface area (Å²) in [5.74, 6) is -0.163. The molecule has 4 nitrogen and oxygen atoms in total. The lowest BCUT2D eigenvalue weighted by atomic mass is 9.76. The Morgan fingerprint density at radius 2 is 2.13 bits per heavy atom. The van der Waals surface area contributed by atoms with E-state index in [9.17, 15) is 9.18 Å². The van der Waals surface area contributed by atoms with E-state index in [1.165, 1.54) is 6.07 Å². The molecule has 2 aliphatic rings. The number of benzene rings is 1. The van der Waals surface area contributed by atoms with Crippen LogP contribution < -0.4 is 5.73 Å². The monoisotopic (exact) mass is 342 g/mol. The Bertz CT molecular complexity index is 547. The minimum atomic E-state index is -0.196. The average Bonchev–Trinajstić information content (AvgIpc) is 2.90. The highest BCUT2D eigenvalue weighted by atomic mass is 35.5. The molecule has 1 aromatic carbocycles. The first-order valence-electron chi connectivity index (χ1n) is 7.94. The zero-order valence-corrected chi connectivity index (χ0v) is 14.0. The lowest BCUT2D eigenvalue weighted by molar-refractivity contribution is -0.132. The Balaban J connectivity index is 0.00000192. The van der Waals surface area contributed by atoms with Crippen molar-refractivity contribution < 1.29 is 13.9 Å². The van der Waals surface area contributed by atoms with E-state index >= 15 is 0 Å². The minimum absolute atomic E-state index is 0. The number of hydrogen-bond acceptors (Lipinski definition) is 3. The van der Waals surface area contributed by atoms with Crippen molar-refractivity contribution >= 4 is 18.3 Å². The van der Waals surface area contributed by atoms with Crippen molar-refractivity contribution in [1.29, 1.82) is 0 Å². The maximum absolute atomic E-state index is 13.3. The standard InChI is InChI=1S/C17H23FN2O2.ClH/c18-14-3-1-2-13(8-14)9-15-10-17(12-22-15)4-6-20(7-5-17)16(21)11-19;/h1-3,8,15H,4-7,9-12,19H2;1H. The highest BCUT2D eigenvalue weighted by Crippen LogP contribution is 2.42. The van der Waals surface area contributed by atoms with Gasteiger partial charge in [0.15, 0.2) is 0 Å². The Morgan fingerprint density at radius 3 is 2.78 bits per heavy atom. The second kappa shape index (κ2) is 7.60. The fraction of sp³-hybridized carbons (Fsp3) is 0.588. The number of nitrogens with zero attached hydrogens (tertiary/aromatic N) is 1. The molecule has 1 atom stereocenters. The predicted octanol–water partition coefficient (Wildman–Crippen LogP) is 2.15. The fourth-order valence-electron chi connectivity index (χ4n) is 3.66. The van der Waals surface area contributed by atoms with Gasteiger partial charge in [0.25, 0.3) is 0 Å². The quantitative estimate of drug-likeness (QED) is 0.915. The first kappa shape index (κ1) is 18.2. The zero-order valence-electron chi connectivity index (χ0n) is 13.2. The summed E-state index contributed by atoms with van der Waals surface area (Å²) in [6, 6.07) is 6.73. The Kier molecular flexibility index (Phi) is 6.00. The van der Waals surface area contributed by atoms with Gasteiger partial charge in [-0.1, -0.05) is 12.1 Å². The maximum atomic E-state index is 13.3. The molecule has 2 saturated heterocycles. The van der Waals surface area contributed by atoms with E-state index < -0.39 is 0 Å². The molecule has 0 saturated carbocycles. The molecular weight excluding hydrogens is 319 g/mol. The molecule has 6 heteroatoms. The van der Waals surface area contributed by atoms with Gasteiger partial charge >= 0.3 is 0 Å². The summed E-state index contributed by atoms with van der Waals surface area (Å²) in [7, 11) is 0. The number of carbonyl (C=O) groups excluding carboxylic acids is 1. The van der Waals surface area contributed by atoms with E-state index in [0.29, 0.717) is 0 Å². The number of nitrogens with two attached hydrogens (primary N) is 1. The Labute approximate surface area is 142 Å². The SMILES string of the molecule is Cl.NCC(=O)N1CCC2(CC1)COC(Cc1cccc(F)c1)C2. The lowest BCUT2D eigenvalue weighted by Crippen LogP contribution is -2.45. The third kappa shape index (κ3) is 4.22. The molecule has 2 aliphatic heterocycles. The van der Waals surface area contributed by atoms with Gasteiger partial charge in [-0.15, -0.1) is 12.4 Å². The Hall–Kier alpha value is -1.17. The van der Waals surface area contributed by atoms with Crippen molar-refractivity contribution in [1.82, 2.24) is 4.90 Å². The number of likely N-dealkylation sites (tertiary alicyclic amines) is 1. The third-order valence-corrected chi connectivity index (χ3v) is 4.99. The van der Waals surface area contributed by atoms with Crippen LogP contribution in [0.25, 0.3) is 0 Å². The summed E-state index contributed by atoms with van der Waals surface area (Å²) >= 11 is 0. The van der Waals surface area contributed by atoms with Gasteiger partial charge in [0.1, 0.15) is 5.82 Å². The number of hydrogen-bond donors (Lipinski definition) is 1. The number of amides is 1. The van der Waals surface area contributed by atoms with Crippen LogP contribution in [0.2, 0.25) is 0 Å². The molecule has 0 aliphatic carbocycles. The van der Waals surface area contributed by atoms with Crippen LogP contribution >= 0.6 is 12.4 Å². The third-order valence-electron chi connectivity index (χ3n) is 4.99. The number of piperidine rings is 1. The van der Waals surface area contributed by atoms with Crippen molar-refractivity contribution in [2.24, 2.45) is 11.1 Å². The van der Waals surface area contributed by atoms with Crippen LogP contribution in [0.4, 0.5) is 4.39 Å². The zero-order chi connectivity index (χ0) is 15.6. The number of ether oxygens (including phenoxy) is 1. The molecule has 0 bridgehead atoms. The molecule has 23 heavy (non-hydrogen) atoms. The molecule has 0 aromatic heterocycles. The normalized spacial score (nSPS) is 22.9. The molecule has 1 spiro atoms. The molecule has 1 aromatic rings. The molecule has 2 N–H and O–H groups in total. The summed E-state index contributed by atoms with van der Waals surface area (Å²) < 4.78 is 19.2. The second-order valence-electron chi connectivity index (χ2n) is 6.56. The largest absolute Gasteiger partial charge is 0.377 e. The number of halogens is 2. The van der Waals surface area contributed by atoms with Crippen LogP contribution in [0.5, 0.6) is 0 Å². The van der Waals surface area contributed by atoms with Crippen LogP contribution in [0.1, 0.15) is 24.8 Å². The molecule has 2 fully saturated rings. The smallest absolute Gasteiger partial charge is 0.236 e. The van der Waals surface area contributed by atoms with Gasteiger partial charge in [-0.05, 0) is 48.8 Å². The van der Waals surface area contributed by atoms with E-state index in [0.717, 1.165) is 50.9 Å². The van der Waals surface area contributed by atoms with Crippen molar-refractivity contribution in [3.8, 4) is 0 Å². The molecule has 0 radical (unpaired) electrons. The summed E-state index contributed by atoms with van der Waals surface area (Å²) in [4.78, 5) is 13.5. The maximum Gasteiger partial charge on any atom is 0.236 e. The molecular formula is C17H24ClFN2O2. The average molecular weight is 343 g/mol. The van der Waals surface area contributed by atoms with E-state index in [-0.39, 0.29) is 42.2 Å². The van der Waals surface area contributed by atoms with Gasteiger partial charge in [0.05, 0.1) is 19.3 Å². The topological polar surface area (TPSA) is 55.6 Å². The van der Waals surface area contributed by atoms with Gasteiger partial charge in [0.2, 0.25) is 5.91 Å². The van der Waals surface area contributed by atoms with Crippen LogP contribution in [-0.4, -0.2) is 43.2 Å². The highest BCUT2D eigenvalue weighted by Gasteiger charge is 2.42. The molecule has 1 amide bonds. The number of rotatable bonds is 3. The van der Waals surface area contributed by atoms with Crippen molar-refractivity contribution in [3.63, 3.8) is 0 Å². The van der Waals surface area contributed by atoms with Crippen molar-refractivity contribution in [3.05, 3.63) is 35.6 Å². The van der Waals surface area contributed by atoms with E-state index in [1.54, 1.807) is 12.1 Å². The van der Waals surface area contributed by atoms with Gasteiger partial charge in [-0.2, -0.15) is 0 Å². The highest BCUT2D eigenvalue weighted by molar-refractivity contribution is 5.85. The molecule has 3 rings (SSSR count). The minimum Gasteiger partial charge on any atom is -0.377 e. The molecule has 128 valence electrons. The van der Waals surface area contributed by atoms with E-state index in [4.69, 9.17) is 10.5 Å². The summed E-state index contributed by atoms with van der Waals surface area (Å²) in [5.41, 5.74) is 6.59. The molecule has 2 heterocycles. The van der Waals surface area contributed by atoms with Crippen LogP contribution in [0.3, 0.4) is 0 Å². The Morgan fingerprint density at radius 1 is 1.39 bits per heavy atom. The van der Waals surface area contributed by atoms with Crippen LogP contribution in [-0.2, 0) is 16.0 Å². The first-order valence-corrected chi connectivity index (χ1v) is 7.94. The van der Waals surface area contributed by atoms with E-state index in [1.807, 2.05) is 11.0 Å². The van der Waals surface area contributed by atoms with Gasteiger partial charge in [-0.3, -0.25) is 4.79 Å². The summed E-state index contributed by atoms with van der Waals surface area (Å²) in [5, 5.41) is 0. The first-order chi connectivity index (χ1) is 10.6. The summed E-state index contributed by atoms with van der Waals surface area (Å²) in [6.07, 6.45) is 3.84. The van der Waals surface area contributed by atoms with Crippen molar-refractivity contribution in [2.45, 2.75) is 31.8 Å². The van der Waals surface area contributed by atoms with E-state index in [2.05, 4.69) is 0 Å². The van der Waals surface area contributed by atoms with Crippen LogP contribution in [0, 0.1) is 11.2 Å².